The Bertz CT molecular complexity index is 581. The summed E-state index contributed by atoms with van der Waals surface area (Å²) in [6.07, 6.45) is 10.8. The van der Waals surface area contributed by atoms with Gasteiger partial charge in [0.2, 0.25) is 0 Å². The Kier molecular flexibility index (Phi) is 4.57. The standard InChI is InChI=1S/C21H31NO2/c1-21-11-5-2-3-7-16(20(21)22)13-15-9-10-17(14-18(15)21)24-19-8-4-6-12-23-19/h9-10,14,16,19-20H,2-8,11-13,22H2,1H3/t16-,19?,20-,21+/m0/s1. The van der Waals surface area contributed by atoms with Gasteiger partial charge in [0.1, 0.15) is 5.75 Å². The van der Waals surface area contributed by atoms with Crippen LogP contribution in [0.15, 0.2) is 18.2 Å². The fraction of sp³-hybridized carbons (Fsp3) is 0.714. The predicted octanol–water partition coefficient (Wildman–Crippen LogP) is 4.31. The van der Waals surface area contributed by atoms with Crippen LogP contribution in [0.2, 0.25) is 0 Å². The van der Waals surface area contributed by atoms with Crippen LogP contribution < -0.4 is 10.5 Å². The van der Waals surface area contributed by atoms with Crippen molar-refractivity contribution >= 4 is 0 Å². The summed E-state index contributed by atoms with van der Waals surface area (Å²) in [5.41, 5.74) is 9.78. The van der Waals surface area contributed by atoms with Gasteiger partial charge in [0.15, 0.2) is 6.29 Å². The lowest BCUT2D eigenvalue weighted by Crippen LogP contribution is -2.52. The number of hydrogen-bond donors (Lipinski definition) is 1. The summed E-state index contributed by atoms with van der Waals surface area (Å²) in [6, 6.07) is 6.96. The topological polar surface area (TPSA) is 44.5 Å². The minimum absolute atomic E-state index is 0.0769. The smallest absolute Gasteiger partial charge is 0.199 e. The molecule has 24 heavy (non-hydrogen) atoms. The van der Waals surface area contributed by atoms with Crippen LogP contribution in [0.3, 0.4) is 0 Å². The summed E-state index contributed by atoms with van der Waals surface area (Å²) in [5.74, 6) is 1.59. The van der Waals surface area contributed by atoms with Crippen molar-refractivity contribution < 1.29 is 9.47 Å². The number of benzene rings is 1. The predicted molar refractivity (Wildman–Crippen MR) is 96.3 cm³/mol. The van der Waals surface area contributed by atoms with Crippen LogP contribution >= 0.6 is 0 Å². The molecule has 1 aliphatic heterocycles. The van der Waals surface area contributed by atoms with E-state index in [1.54, 1.807) is 0 Å². The lowest BCUT2D eigenvalue weighted by atomic mass is 9.60. The Morgan fingerprint density at radius 2 is 2.00 bits per heavy atom. The minimum atomic E-state index is -0.0769. The van der Waals surface area contributed by atoms with E-state index in [1.807, 2.05) is 0 Å². The van der Waals surface area contributed by atoms with E-state index in [9.17, 15) is 0 Å². The second-order valence-electron chi connectivity index (χ2n) is 8.24. The lowest BCUT2D eigenvalue weighted by molar-refractivity contribution is -0.106. The summed E-state index contributed by atoms with van der Waals surface area (Å²) in [6.45, 7) is 3.20. The van der Waals surface area contributed by atoms with Crippen LogP contribution in [0.4, 0.5) is 0 Å². The van der Waals surface area contributed by atoms with Gasteiger partial charge in [-0.25, -0.2) is 0 Å². The maximum absolute atomic E-state index is 6.77. The maximum atomic E-state index is 6.77. The average Bonchev–Trinajstić information content (AvgIpc) is 2.60. The van der Waals surface area contributed by atoms with Gasteiger partial charge in [-0.05, 0) is 61.3 Å². The van der Waals surface area contributed by atoms with Crippen LogP contribution in [0.25, 0.3) is 0 Å². The fourth-order valence-electron chi connectivity index (χ4n) is 5.06. The highest BCUT2D eigenvalue weighted by Crippen LogP contribution is 2.46. The fourth-order valence-corrected chi connectivity index (χ4v) is 5.06. The van der Waals surface area contributed by atoms with Crippen LogP contribution in [0.5, 0.6) is 5.75 Å². The first-order chi connectivity index (χ1) is 11.7. The molecule has 2 bridgehead atoms. The molecule has 132 valence electrons. The first-order valence-corrected chi connectivity index (χ1v) is 9.84. The first-order valence-electron chi connectivity index (χ1n) is 9.84. The van der Waals surface area contributed by atoms with Crippen LogP contribution in [0, 0.1) is 5.92 Å². The molecule has 0 amide bonds. The largest absolute Gasteiger partial charge is 0.465 e. The van der Waals surface area contributed by atoms with E-state index in [-0.39, 0.29) is 17.7 Å². The van der Waals surface area contributed by atoms with Gasteiger partial charge in [-0.15, -0.1) is 0 Å². The van der Waals surface area contributed by atoms with E-state index in [1.165, 1.54) is 49.7 Å². The summed E-state index contributed by atoms with van der Waals surface area (Å²) >= 11 is 0. The molecule has 3 aliphatic rings. The van der Waals surface area contributed by atoms with Gasteiger partial charge in [0.05, 0.1) is 6.61 Å². The molecule has 4 rings (SSSR count). The van der Waals surface area contributed by atoms with Gasteiger partial charge in [-0.2, -0.15) is 0 Å². The zero-order valence-electron chi connectivity index (χ0n) is 14.9. The zero-order chi connectivity index (χ0) is 16.6. The van der Waals surface area contributed by atoms with Crippen LogP contribution in [0.1, 0.15) is 69.4 Å². The summed E-state index contributed by atoms with van der Waals surface area (Å²) in [5, 5.41) is 0. The molecular weight excluding hydrogens is 298 g/mol. The van der Waals surface area contributed by atoms with Gasteiger partial charge in [-0.3, -0.25) is 0 Å². The summed E-state index contributed by atoms with van der Waals surface area (Å²) in [7, 11) is 0. The Balaban J connectivity index is 1.63. The van der Waals surface area contributed by atoms with E-state index >= 15 is 0 Å². The summed E-state index contributed by atoms with van der Waals surface area (Å²) < 4.78 is 11.9. The molecule has 0 aromatic heterocycles. The third kappa shape index (κ3) is 2.97. The molecule has 3 nitrogen and oxygen atoms in total. The molecule has 2 aliphatic carbocycles. The van der Waals surface area contributed by atoms with Crippen molar-refractivity contribution in [2.45, 2.75) is 82.5 Å². The number of nitrogens with two attached hydrogens (primary N) is 1. The molecule has 1 unspecified atom stereocenters. The number of rotatable bonds is 2. The molecule has 1 saturated heterocycles. The van der Waals surface area contributed by atoms with E-state index in [4.69, 9.17) is 15.2 Å². The second kappa shape index (κ2) is 6.68. The molecule has 1 saturated carbocycles. The molecule has 3 heteroatoms. The van der Waals surface area contributed by atoms with E-state index in [0.717, 1.165) is 31.6 Å². The Labute approximate surface area is 145 Å². The maximum Gasteiger partial charge on any atom is 0.199 e. The normalized spacial score (nSPS) is 36.3. The second-order valence-corrected chi connectivity index (χ2v) is 8.24. The van der Waals surface area contributed by atoms with Gasteiger partial charge in [0, 0.05) is 17.9 Å². The molecule has 2 N–H and O–H groups in total. The van der Waals surface area contributed by atoms with Crippen molar-refractivity contribution in [2.75, 3.05) is 6.61 Å². The van der Waals surface area contributed by atoms with Crippen LogP contribution in [-0.2, 0) is 16.6 Å². The highest BCUT2D eigenvalue weighted by Gasteiger charge is 2.43. The van der Waals surface area contributed by atoms with E-state index in [2.05, 4.69) is 25.1 Å². The first kappa shape index (κ1) is 16.4. The molecule has 1 aromatic rings. The molecule has 0 radical (unpaired) electrons. The average molecular weight is 329 g/mol. The van der Waals surface area contributed by atoms with Crippen molar-refractivity contribution in [2.24, 2.45) is 11.7 Å². The van der Waals surface area contributed by atoms with Crippen molar-refractivity contribution in [3.05, 3.63) is 29.3 Å². The number of hydrogen-bond acceptors (Lipinski definition) is 3. The molecule has 2 fully saturated rings. The highest BCUT2D eigenvalue weighted by atomic mass is 16.7. The Morgan fingerprint density at radius 1 is 1.12 bits per heavy atom. The van der Waals surface area contributed by atoms with Gasteiger partial charge >= 0.3 is 0 Å². The minimum Gasteiger partial charge on any atom is -0.465 e. The molecule has 0 spiro atoms. The van der Waals surface area contributed by atoms with Crippen molar-refractivity contribution in [1.29, 1.82) is 0 Å². The molecule has 1 heterocycles. The van der Waals surface area contributed by atoms with E-state index < -0.39 is 0 Å². The highest BCUT2D eigenvalue weighted by molar-refractivity contribution is 5.44. The zero-order valence-corrected chi connectivity index (χ0v) is 14.9. The van der Waals surface area contributed by atoms with Crippen molar-refractivity contribution in [3.63, 3.8) is 0 Å². The van der Waals surface area contributed by atoms with Crippen molar-refractivity contribution in [1.82, 2.24) is 0 Å². The SMILES string of the molecule is C[C@@]12CCCCC[C@@H](Cc3ccc(OC4CCCCO4)cc31)[C@@H]2N. The Hall–Kier alpha value is -1.06. The van der Waals surface area contributed by atoms with Gasteiger partial charge in [0.25, 0.3) is 0 Å². The third-order valence-electron chi connectivity index (χ3n) is 6.60. The third-order valence-corrected chi connectivity index (χ3v) is 6.60. The van der Waals surface area contributed by atoms with Gasteiger partial charge < -0.3 is 15.2 Å². The van der Waals surface area contributed by atoms with Crippen LogP contribution in [-0.4, -0.2) is 18.9 Å². The molecule has 1 aromatic carbocycles. The lowest BCUT2D eigenvalue weighted by Gasteiger charge is -2.47. The summed E-state index contributed by atoms with van der Waals surface area (Å²) in [4.78, 5) is 0. The monoisotopic (exact) mass is 329 g/mol. The number of ether oxygens (including phenoxy) is 2. The van der Waals surface area contributed by atoms with Crippen molar-refractivity contribution in [3.8, 4) is 5.75 Å². The quantitative estimate of drug-likeness (QED) is 0.879. The molecule has 4 atom stereocenters. The van der Waals surface area contributed by atoms with Gasteiger partial charge in [-0.1, -0.05) is 32.3 Å². The Morgan fingerprint density at radius 3 is 2.83 bits per heavy atom. The van der Waals surface area contributed by atoms with E-state index in [0.29, 0.717) is 5.92 Å². The molecular formula is C21H31NO2. The number of fused-ring (bicyclic) bond motifs is 4.